The van der Waals surface area contributed by atoms with Crippen molar-refractivity contribution in [1.29, 1.82) is 0 Å². The van der Waals surface area contributed by atoms with E-state index in [0.29, 0.717) is 18.7 Å². The van der Waals surface area contributed by atoms with Gasteiger partial charge in [-0.1, -0.05) is 19.3 Å². The summed E-state index contributed by atoms with van der Waals surface area (Å²) >= 11 is 0.851. The van der Waals surface area contributed by atoms with Crippen LogP contribution in [0.2, 0.25) is 0 Å². The molecule has 0 atom stereocenters. The first kappa shape index (κ1) is 15.5. The van der Waals surface area contributed by atoms with Crippen molar-refractivity contribution in [2.24, 2.45) is 0 Å². The topological polar surface area (TPSA) is 74.7 Å². The van der Waals surface area contributed by atoms with E-state index in [1.54, 1.807) is 6.92 Å². The van der Waals surface area contributed by atoms with Crippen molar-refractivity contribution in [1.82, 2.24) is 4.31 Å². The summed E-state index contributed by atoms with van der Waals surface area (Å²) in [5.41, 5.74) is 0.508. The maximum absolute atomic E-state index is 12.6. The maximum atomic E-state index is 12.6. The van der Waals surface area contributed by atoms with Crippen LogP contribution in [-0.2, 0) is 10.0 Å². The molecule has 0 saturated carbocycles. The van der Waals surface area contributed by atoms with Crippen molar-refractivity contribution < 1.29 is 18.3 Å². The molecule has 0 bridgehead atoms. The number of aromatic carboxylic acids is 1. The normalized spacial score (nSPS) is 18.4. The van der Waals surface area contributed by atoms with Gasteiger partial charge in [0.05, 0.1) is 0 Å². The minimum Gasteiger partial charge on any atom is -0.477 e. The lowest BCUT2D eigenvalue weighted by molar-refractivity contribution is 0.0701. The van der Waals surface area contributed by atoms with Gasteiger partial charge in [0.25, 0.3) is 10.0 Å². The number of thiophene rings is 1. The minimum absolute atomic E-state index is 0.107. The summed E-state index contributed by atoms with van der Waals surface area (Å²) in [6.07, 6.45) is 5.01. The molecule has 1 fully saturated rings. The van der Waals surface area contributed by atoms with Gasteiger partial charge in [-0.25, -0.2) is 13.2 Å². The van der Waals surface area contributed by atoms with E-state index >= 15 is 0 Å². The van der Waals surface area contributed by atoms with E-state index in [0.717, 1.165) is 43.4 Å². The molecule has 1 aliphatic rings. The van der Waals surface area contributed by atoms with Crippen LogP contribution >= 0.6 is 11.3 Å². The standard InChI is InChI=1S/C13H19NO4S2/c1-10-9-11(19-12(10)13(15)16)20(17,18)14-7-5-3-2-4-6-8-14/h9H,2-8H2,1H3,(H,15,16). The van der Waals surface area contributed by atoms with Gasteiger partial charge < -0.3 is 5.11 Å². The number of sulfonamides is 1. The molecule has 5 nitrogen and oxygen atoms in total. The van der Waals surface area contributed by atoms with Crippen LogP contribution < -0.4 is 0 Å². The van der Waals surface area contributed by atoms with Crippen molar-refractivity contribution in [2.75, 3.05) is 13.1 Å². The van der Waals surface area contributed by atoms with Gasteiger partial charge in [0.15, 0.2) is 0 Å². The molecule has 0 aliphatic carbocycles. The molecule has 1 aliphatic heterocycles. The molecule has 0 unspecified atom stereocenters. The van der Waals surface area contributed by atoms with Crippen LogP contribution in [0, 0.1) is 6.92 Å². The van der Waals surface area contributed by atoms with E-state index in [4.69, 9.17) is 5.11 Å². The molecular weight excluding hydrogens is 298 g/mol. The number of nitrogens with zero attached hydrogens (tertiary/aromatic N) is 1. The molecule has 2 heterocycles. The van der Waals surface area contributed by atoms with Crippen molar-refractivity contribution >= 4 is 27.3 Å². The quantitative estimate of drug-likeness (QED) is 0.930. The van der Waals surface area contributed by atoms with Crippen molar-refractivity contribution in [3.63, 3.8) is 0 Å². The molecule has 0 aromatic carbocycles. The highest BCUT2D eigenvalue weighted by Crippen LogP contribution is 2.29. The predicted molar refractivity (Wildman–Crippen MR) is 77.9 cm³/mol. The molecule has 1 aromatic rings. The molecule has 0 radical (unpaired) electrons. The minimum atomic E-state index is -3.55. The smallest absolute Gasteiger partial charge is 0.346 e. The van der Waals surface area contributed by atoms with Gasteiger partial charge in [0.2, 0.25) is 0 Å². The SMILES string of the molecule is Cc1cc(S(=O)(=O)N2CCCCCCC2)sc1C(=O)O. The Morgan fingerprint density at radius 1 is 1.20 bits per heavy atom. The summed E-state index contributed by atoms with van der Waals surface area (Å²) < 4.78 is 26.8. The molecule has 20 heavy (non-hydrogen) atoms. The molecule has 0 amide bonds. The van der Waals surface area contributed by atoms with Crippen LogP contribution in [0.1, 0.15) is 47.3 Å². The third-order valence-corrected chi connectivity index (χ3v) is 7.07. The van der Waals surface area contributed by atoms with E-state index in [1.807, 2.05) is 0 Å². The van der Waals surface area contributed by atoms with Crippen molar-refractivity contribution in [3.8, 4) is 0 Å². The molecule has 1 saturated heterocycles. The van der Waals surface area contributed by atoms with Gasteiger partial charge in [-0.05, 0) is 31.4 Å². The number of hydrogen-bond donors (Lipinski definition) is 1. The molecule has 7 heteroatoms. The van der Waals surface area contributed by atoms with Crippen LogP contribution in [-0.4, -0.2) is 36.9 Å². The number of hydrogen-bond acceptors (Lipinski definition) is 4. The highest BCUT2D eigenvalue weighted by atomic mass is 32.2. The first-order chi connectivity index (χ1) is 9.43. The number of aryl methyl sites for hydroxylation is 1. The Hall–Kier alpha value is -0.920. The molecule has 1 aromatic heterocycles. The molecule has 2 rings (SSSR count). The second-order valence-corrected chi connectivity index (χ2v) is 8.27. The van der Waals surface area contributed by atoms with Gasteiger partial charge in [-0.2, -0.15) is 4.31 Å². The van der Waals surface area contributed by atoms with Crippen LogP contribution in [0.25, 0.3) is 0 Å². The monoisotopic (exact) mass is 317 g/mol. The molecule has 1 N–H and O–H groups in total. The zero-order valence-corrected chi connectivity index (χ0v) is 13.1. The van der Waals surface area contributed by atoms with E-state index in [-0.39, 0.29) is 9.09 Å². The highest BCUT2D eigenvalue weighted by molar-refractivity contribution is 7.91. The van der Waals surface area contributed by atoms with Crippen molar-refractivity contribution in [3.05, 3.63) is 16.5 Å². The Balaban J connectivity index is 2.28. The Bertz CT molecular complexity index is 584. The zero-order valence-electron chi connectivity index (χ0n) is 11.5. The highest BCUT2D eigenvalue weighted by Gasteiger charge is 2.28. The van der Waals surface area contributed by atoms with E-state index in [1.165, 1.54) is 10.4 Å². The fraction of sp³-hybridized carbons (Fsp3) is 0.615. The summed E-state index contributed by atoms with van der Waals surface area (Å²) in [7, 11) is -3.55. The second kappa shape index (κ2) is 6.24. The summed E-state index contributed by atoms with van der Waals surface area (Å²) in [6, 6.07) is 1.47. The summed E-state index contributed by atoms with van der Waals surface area (Å²) in [6.45, 7) is 2.69. The number of carbonyl (C=O) groups is 1. The Kier molecular flexibility index (Phi) is 4.82. The summed E-state index contributed by atoms with van der Waals surface area (Å²) in [5.74, 6) is -1.07. The summed E-state index contributed by atoms with van der Waals surface area (Å²) in [5, 5.41) is 9.04. The Labute approximate surface area is 123 Å². The zero-order chi connectivity index (χ0) is 14.8. The van der Waals surface area contributed by atoms with Gasteiger partial charge >= 0.3 is 5.97 Å². The number of rotatable bonds is 3. The number of carboxylic acid groups (broad SMARTS) is 1. The molecule has 112 valence electrons. The predicted octanol–water partition coefficient (Wildman–Crippen LogP) is 2.71. The van der Waals surface area contributed by atoms with Crippen LogP contribution in [0.4, 0.5) is 0 Å². The van der Waals surface area contributed by atoms with E-state index in [9.17, 15) is 13.2 Å². The lowest BCUT2D eigenvalue weighted by atomic mass is 10.1. The van der Waals surface area contributed by atoms with Crippen molar-refractivity contribution in [2.45, 2.75) is 43.2 Å². The number of carboxylic acids is 1. The van der Waals surface area contributed by atoms with E-state index < -0.39 is 16.0 Å². The third kappa shape index (κ3) is 3.21. The first-order valence-electron chi connectivity index (χ1n) is 6.77. The molecule has 0 spiro atoms. The van der Waals surface area contributed by atoms with Gasteiger partial charge in [-0.15, -0.1) is 11.3 Å². The largest absolute Gasteiger partial charge is 0.477 e. The lowest BCUT2D eigenvalue weighted by Gasteiger charge is -2.23. The average Bonchev–Trinajstić information content (AvgIpc) is 2.71. The Morgan fingerprint density at radius 3 is 2.25 bits per heavy atom. The maximum Gasteiger partial charge on any atom is 0.346 e. The van der Waals surface area contributed by atoms with Gasteiger partial charge in [-0.3, -0.25) is 0 Å². The van der Waals surface area contributed by atoms with Crippen LogP contribution in [0.15, 0.2) is 10.3 Å². The lowest BCUT2D eigenvalue weighted by Crippen LogP contribution is -2.33. The first-order valence-corrected chi connectivity index (χ1v) is 9.02. The fourth-order valence-corrected chi connectivity index (χ4v) is 5.43. The van der Waals surface area contributed by atoms with Gasteiger partial charge in [0.1, 0.15) is 9.09 Å². The Morgan fingerprint density at radius 2 is 1.75 bits per heavy atom. The second-order valence-electron chi connectivity index (χ2n) is 5.05. The van der Waals surface area contributed by atoms with E-state index in [2.05, 4.69) is 0 Å². The molecular formula is C13H19NO4S2. The van der Waals surface area contributed by atoms with Crippen LogP contribution in [0.5, 0.6) is 0 Å². The average molecular weight is 317 g/mol. The van der Waals surface area contributed by atoms with Crippen LogP contribution in [0.3, 0.4) is 0 Å². The third-order valence-electron chi connectivity index (χ3n) is 3.50. The fourth-order valence-electron chi connectivity index (χ4n) is 2.38. The summed E-state index contributed by atoms with van der Waals surface area (Å²) in [4.78, 5) is 11.1. The van der Waals surface area contributed by atoms with Gasteiger partial charge in [0, 0.05) is 13.1 Å².